The summed E-state index contributed by atoms with van der Waals surface area (Å²) in [7, 11) is 0. The fourth-order valence-corrected chi connectivity index (χ4v) is 2.17. The second kappa shape index (κ2) is 8.10. The third-order valence-electron chi connectivity index (χ3n) is 3.34. The Kier molecular flexibility index (Phi) is 5.89. The molecule has 0 unspecified atom stereocenters. The smallest absolute Gasteiger partial charge is 0.358 e. The Balaban J connectivity index is 2.28. The highest BCUT2D eigenvalue weighted by atomic mass is 16.5. The molecule has 0 saturated heterocycles. The molecule has 1 aromatic heterocycles. The topological polar surface area (TPSA) is 73.2 Å². The Morgan fingerprint density at radius 2 is 2.00 bits per heavy atom. The van der Waals surface area contributed by atoms with Crippen LogP contribution >= 0.6 is 0 Å². The van der Waals surface area contributed by atoms with Crippen molar-refractivity contribution >= 4 is 17.6 Å². The molecule has 0 spiro atoms. The molecule has 0 aliphatic rings. The summed E-state index contributed by atoms with van der Waals surface area (Å²) in [6.07, 6.45) is 4.32. The predicted molar refractivity (Wildman–Crippen MR) is 92.2 cm³/mol. The molecule has 24 heavy (non-hydrogen) atoms. The van der Waals surface area contributed by atoms with Gasteiger partial charge in [-0.15, -0.1) is 0 Å². The molecule has 0 aliphatic heterocycles. The van der Waals surface area contributed by atoms with E-state index in [-0.39, 0.29) is 11.6 Å². The number of esters is 1. The maximum Gasteiger partial charge on any atom is 0.358 e. The van der Waals surface area contributed by atoms with Gasteiger partial charge < -0.3 is 10.1 Å². The van der Waals surface area contributed by atoms with Crippen LogP contribution < -0.4 is 5.32 Å². The van der Waals surface area contributed by atoms with E-state index in [2.05, 4.69) is 10.4 Å². The van der Waals surface area contributed by atoms with Crippen LogP contribution in [-0.4, -0.2) is 28.3 Å². The summed E-state index contributed by atoms with van der Waals surface area (Å²) < 4.78 is 6.48. The maximum atomic E-state index is 12.2. The van der Waals surface area contributed by atoms with Gasteiger partial charge in [-0.1, -0.05) is 25.1 Å². The highest BCUT2D eigenvalue weighted by Gasteiger charge is 2.14. The van der Waals surface area contributed by atoms with Gasteiger partial charge in [-0.05, 0) is 38.5 Å². The SMILES string of the molecule is CCC=C(C)C(=O)Nc1ccccc1-n1ccc(C(=O)OCC)n1. The number of para-hydroxylation sites is 2. The molecular weight excluding hydrogens is 306 g/mol. The standard InChI is InChI=1S/C18H21N3O3/c1-4-8-13(3)17(22)19-14-9-6-7-10-16(14)21-12-11-15(20-21)18(23)24-5-2/h6-12H,4-5H2,1-3H3,(H,19,22). The lowest BCUT2D eigenvalue weighted by molar-refractivity contribution is -0.112. The van der Waals surface area contributed by atoms with Gasteiger partial charge in [0.15, 0.2) is 5.69 Å². The number of carbonyl (C=O) groups is 2. The zero-order valence-electron chi connectivity index (χ0n) is 14.1. The lowest BCUT2D eigenvalue weighted by Gasteiger charge is -2.11. The highest BCUT2D eigenvalue weighted by molar-refractivity contribution is 6.04. The van der Waals surface area contributed by atoms with Crippen molar-refractivity contribution < 1.29 is 14.3 Å². The van der Waals surface area contributed by atoms with Gasteiger partial charge in [0.25, 0.3) is 5.91 Å². The van der Waals surface area contributed by atoms with Crippen molar-refractivity contribution in [3.05, 3.63) is 53.9 Å². The normalized spacial score (nSPS) is 11.2. The van der Waals surface area contributed by atoms with E-state index in [1.54, 1.807) is 36.9 Å². The van der Waals surface area contributed by atoms with Gasteiger partial charge in [-0.3, -0.25) is 4.79 Å². The first-order chi connectivity index (χ1) is 11.6. The van der Waals surface area contributed by atoms with Crippen molar-refractivity contribution in [1.82, 2.24) is 9.78 Å². The fourth-order valence-electron chi connectivity index (χ4n) is 2.17. The van der Waals surface area contributed by atoms with E-state index in [9.17, 15) is 9.59 Å². The second-order valence-corrected chi connectivity index (χ2v) is 5.13. The molecule has 0 radical (unpaired) electrons. The fraction of sp³-hybridized carbons (Fsp3) is 0.278. The summed E-state index contributed by atoms with van der Waals surface area (Å²) in [5, 5.41) is 7.10. The van der Waals surface area contributed by atoms with Gasteiger partial charge in [-0.2, -0.15) is 5.10 Å². The predicted octanol–water partition coefficient (Wildman–Crippen LogP) is 3.34. The molecule has 2 rings (SSSR count). The number of amides is 1. The van der Waals surface area contributed by atoms with Crippen molar-refractivity contribution in [2.45, 2.75) is 27.2 Å². The number of aromatic nitrogens is 2. The van der Waals surface area contributed by atoms with E-state index in [1.807, 2.05) is 31.2 Å². The zero-order valence-corrected chi connectivity index (χ0v) is 14.1. The minimum atomic E-state index is -0.473. The summed E-state index contributed by atoms with van der Waals surface area (Å²) in [5.41, 5.74) is 2.16. The molecule has 0 atom stereocenters. The summed E-state index contributed by atoms with van der Waals surface area (Å²) in [6.45, 7) is 5.78. The molecule has 126 valence electrons. The van der Waals surface area contributed by atoms with Gasteiger partial charge in [0.1, 0.15) is 0 Å². The molecule has 6 heteroatoms. The molecule has 0 saturated carbocycles. The Hall–Kier alpha value is -2.89. The third kappa shape index (κ3) is 4.10. The van der Waals surface area contributed by atoms with Crippen molar-refractivity contribution in [3.8, 4) is 5.69 Å². The van der Waals surface area contributed by atoms with Crippen LogP contribution in [0.4, 0.5) is 5.69 Å². The van der Waals surface area contributed by atoms with Crippen LogP contribution in [0.2, 0.25) is 0 Å². The Bertz CT molecular complexity index is 762. The number of nitrogens with one attached hydrogen (secondary N) is 1. The largest absolute Gasteiger partial charge is 0.461 e. The Morgan fingerprint density at radius 1 is 1.25 bits per heavy atom. The molecule has 1 heterocycles. The molecule has 0 bridgehead atoms. The number of hydrogen-bond donors (Lipinski definition) is 1. The number of ether oxygens (including phenoxy) is 1. The van der Waals surface area contributed by atoms with Gasteiger partial charge in [0.05, 0.1) is 18.0 Å². The molecule has 2 aromatic rings. The van der Waals surface area contributed by atoms with Crippen molar-refractivity contribution in [3.63, 3.8) is 0 Å². The van der Waals surface area contributed by atoms with Gasteiger partial charge in [0, 0.05) is 11.8 Å². The minimum Gasteiger partial charge on any atom is -0.461 e. The van der Waals surface area contributed by atoms with Crippen LogP contribution in [0.5, 0.6) is 0 Å². The van der Waals surface area contributed by atoms with E-state index in [4.69, 9.17) is 4.74 Å². The second-order valence-electron chi connectivity index (χ2n) is 5.13. The van der Waals surface area contributed by atoms with Gasteiger partial charge >= 0.3 is 5.97 Å². The van der Waals surface area contributed by atoms with E-state index in [0.29, 0.717) is 23.6 Å². The van der Waals surface area contributed by atoms with E-state index < -0.39 is 5.97 Å². The molecule has 1 amide bonds. The number of allylic oxidation sites excluding steroid dienone is 1. The number of nitrogens with zero attached hydrogens (tertiary/aromatic N) is 2. The summed E-state index contributed by atoms with van der Waals surface area (Å²) in [6, 6.07) is 8.85. The van der Waals surface area contributed by atoms with Gasteiger partial charge in [-0.25, -0.2) is 9.48 Å². The number of hydrogen-bond acceptors (Lipinski definition) is 4. The first-order valence-corrected chi connectivity index (χ1v) is 7.87. The quantitative estimate of drug-likeness (QED) is 0.652. The molecule has 0 fully saturated rings. The molecule has 1 aromatic carbocycles. The maximum absolute atomic E-state index is 12.2. The first-order valence-electron chi connectivity index (χ1n) is 7.87. The molecule has 0 aliphatic carbocycles. The zero-order chi connectivity index (χ0) is 17.5. The molecule has 1 N–H and O–H groups in total. The average Bonchev–Trinajstić information content (AvgIpc) is 3.05. The highest BCUT2D eigenvalue weighted by Crippen LogP contribution is 2.20. The van der Waals surface area contributed by atoms with Crippen LogP contribution in [-0.2, 0) is 9.53 Å². The number of rotatable bonds is 6. The molecule has 6 nitrogen and oxygen atoms in total. The van der Waals surface area contributed by atoms with Crippen LogP contribution in [0, 0.1) is 0 Å². The van der Waals surface area contributed by atoms with Crippen molar-refractivity contribution in [2.75, 3.05) is 11.9 Å². The number of carbonyl (C=O) groups excluding carboxylic acids is 2. The Morgan fingerprint density at radius 3 is 2.71 bits per heavy atom. The average molecular weight is 327 g/mol. The number of anilines is 1. The summed E-state index contributed by atoms with van der Waals surface area (Å²) >= 11 is 0. The van der Waals surface area contributed by atoms with E-state index >= 15 is 0 Å². The minimum absolute atomic E-state index is 0.165. The van der Waals surface area contributed by atoms with Gasteiger partial charge in [0.2, 0.25) is 0 Å². The van der Waals surface area contributed by atoms with Crippen LogP contribution in [0.1, 0.15) is 37.7 Å². The van der Waals surface area contributed by atoms with Crippen molar-refractivity contribution in [2.24, 2.45) is 0 Å². The summed E-state index contributed by atoms with van der Waals surface area (Å²) in [4.78, 5) is 23.9. The summed E-state index contributed by atoms with van der Waals surface area (Å²) in [5.74, 6) is -0.637. The lowest BCUT2D eigenvalue weighted by atomic mass is 10.2. The van der Waals surface area contributed by atoms with Crippen molar-refractivity contribution in [1.29, 1.82) is 0 Å². The van der Waals surface area contributed by atoms with Crippen LogP contribution in [0.3, 0.4) is 0 Å². The monoisotopic (exact) mass is 327 g/mol. The first kappa shape index (κ1) is 17.5. The lowest BCUT2D eigenvalue weighted by Crippen LogP contribution is -2.15. The third-order valence-corrected chi connectivity index (χ3v) is 3.34. The number of benzene rings is 1. The van der Waals surface area contributed by atoms with Crippen LogP contribution in [0.15, 0.2) is 48.2 Å². The van der Waals surface area contributed by atoms with E-state index in [1.165, 1.54) is 0 Å². The Labute approximate surface area is 141 Å². The van der Waals surface area contributed by atoms with E-state index in [0.717, 1.165) is 6.42 Å². The van der Waals surface area contributed by atoms with Crippen LogP contribution in [0.25, 0.3) is 5.69 Å². The molecular formula is C18H21N3O3.